The lowest BCUT2D eigenvalue weighted by molar-refractivity contribution is -0.157. The number of nitrogens with zero attached hydrogens (tertiary/aromatic N) is 3. The maximum atomic E-state index is 13.6. The van der Waals surface area contributed by atoms with Gasteiger partial charge >= 0.3 is 6.18 Å². The van der Waals surface area contributed by atoms with Crippen molar-refractivity contribution in [3.63, 3.8) is 0 Å². The van der Waals surface area contributed by atoms with E-state index >= 15 is 0 Å². The molecule has 2 unspecified atom stereocenters. The Balaban J connectivity index is 1.49. The molecule has 2 aromatic carbocycles. The average Bonchev–Trinajstić information content (AvgIpc) is 3.64. The highest BCUT2D eigenvalue weighted by Crippen LogP contribution is 2.51. The fourth-order valence-corrected chi connectivity index (χ4v) is 4.78. The first-order valence-corrected chi connectivity index (χ1v) is 11.1. The number of hydrogen-bond donors (Lipinski definition) is 1. The Bertz CT molecular complexity index is 1240. The fourth-order valence-electron chi connectivity index (χ4n) is 4.78. The number of anilines is 1. The summed E-state index contributed by atoms with van der Waals surface area (Å²) in [5.41, 5.74) is 8.52. The van der Waals surface area contributed by atoms with Crippen molar-refractivity contribution in [2.45, 2.75) is 31.6 Å². The summed E-state index contributed by atoms with van der Waals surface area (Å²) in [4.78, 5) is 32.1. The Morgan fingerprint density at radius 1 is 1.03 bits per heavy atom. The van der Waals surface area contributed by atoms with E-state index in [1.807, 2.05) is 60.7 Å². The van der Waals surface area contributed by atoms with Gasteiger partial charge in [-0.25, -0.2) is 4.98 Å². The minimum atomic E-state index is -4.37. The standard InChI is InChI=1S/C25H23F3N4O2/c26-25(27,28)19-13-18(19)22(33)31-12-11-17-20(14-31)30-24(29)32(23(17)34)21(15-7-3-1-4-8-15)16-9-5-2-6-10-16/h1-10,18-19,21H,11-14H2,(H2,29,30). The van der Waals surface area contributed by atoms with Gasteiger partial charge in [0.05, 0.1) is 30.1 Å². The van der Waals surface area contributed by atoms with Crippen LogP contribution in [-0.2, 0) is 17.8 Å². The number of alkyl halides is 3. The molecule has 1 amide bonds. The molecule has 3 aromatic rings. The van der Waals surface area contributed by atoms with Crippen LogP contribution in [0.3, 0.4) is 0 Å². The molecule has 1 aliphatic heterocycles. The van der Waals surface area contributed by atoms with Crippen molar-refractivity contribution in [3.8, 4) is 0 Å². The Morgan fingerprint density at radius 2 is 1.62 bits per heavy atom. The molecule has 9 heteroatoms. The summed E-state index contributed by atoms with van der Waals surface area (Å²) in [7, 11) is 0. The Morgan fingerprint density at radius 3 is 2.15 bits per heavy atom. The predicted molar refractivity (Wildman–Crippen MR) is 120 cm³/mol. The van der Waals surface area contributed by atoms with Gasteiger partial charge in [0.15, 0.2) is 0 Å². The van der Waals surface area contributed by atoms with Gasteiger partial charge in [-0.1, -0.05) is 60.7 Å². The molecule has 0 saturated heterocycles. The lowest BCUT2D eigenvalue weighted by atomic mass is 9.97. The molecular weight excluding hydrogens is 445 g/mol. The van der Waals surface area contributed by atoms with E-state index in [1.165, 1.54) is 9.47 Å². The van der Waals surface area contributed by atoms with Crippen molar-refractivity contribution < 1.29 is 18.0 Å². The second kappa shape index (κ2) is 8.30. The van der Waals surface area contributed by atoms with Crippen molar-refractivity contribution in [1.29, 1.82) is 0 Å². The van der Waals surface area contributed by atoms with Crippen LogP contribution in [0, 0.1) is 11.8 Å². The molecule has 0 bridgehead atoms. The summed E-state index contributed by atoms with van der Waals surface area (Å²) in [6.07, 6.45) is -4.33. The largest absolute Gasteiger partial charge is 0.392 e. The SMILES string of the molecule is Nc1nc2c(c(=O)n1C(c1ccccc1)c1ccccc1)CCN(C(=O)C1CC1C(F)(F)F)C2. The molecule has 34 heavy (non-hydrogen) atoms. The second-order valence-corrected chi connectivity index (χ2v) is 8.79. The number of benzene rings is 2. The fraction of sp³-hybridized carbons (Fsp3) is 0.320. The van der Waals surface area contributed by atoms with Gasteiger partial charge in [0.2, 0.25) is 11.9 Å². The first-order chi connectivity index (χ1) is 16.3. The number of nitrogen functional groups attached to an aromatic ring is 1. The number of halogens is 3. The van der Waals surface area contributed by atoms with E-state index in [0.29, 0.717) is 11.3 Å². The van der Waals surface area contributed by atoms with Crippen molar-refractivity contribution in [2.75, 3.05) is 12.3 Å². The van der Waals surface area contributed by atoms with E-state index < -0.39 is 30.0 Å². The molecule has 2 heterocycles. The van der Waals surface area contributed by atoms with Crippen LogP contribution < -0.4 is 11.3 Å². The van der Waals surface area contributed by atoms with Crippen LogP contribution >= 0.6 is 0 Å². The zero-order chi connectivity index (χ0) is 24.0. The van der Waals surface area contributed by atoms with Gasteiger partial charge in [0, 0.05) is 12.1 Å². The van der Waals surface area contributed by atoms with Crippen molar-refractivity contribution in [3.05, 3.63) is 93.4 Å². The van der Waals surface area contributed by atoms with E-state index in [9.17, 15) is 22.8 Å². The Hall–Kier alpha value is -3.62. The zero-order valence-electron chi connectivity index (χ0n) is 18.2. The highest BCUT2D eigenvalue weighted by atomic mass is 19.4. The number of nitrogens with two attached hydrogens (primary N) is 1. The van der Waals surface area contributed by atoms with Crippen LogP contribution in [0.2, 0.25) is 0 Å². The summed E-state index contributed by atoms with van der Waals surface area (Å²) in [5, 5.41) is 0. The molecule has 2 N–H and O–H groups in total. The summed E-state index contributed by atoms with van der Waals surface area (Å²) in [6.45, 7) is 0.159. The van der Waals surface area contributed by atoms with Crippen LogP contribution in [0.15, 0.2) is 65.5 Å². The van der Waals surface area contributed by atoms with Crippen molar-refractivity contribution >= 4 is 11.9 Å². The minimum absolute atomic E-state index is 0.00431. The van der Waals surface area contributed by atoms with Gasteiger partial charge in [-0.15, -0.1) is 0 Å². The monoisotopic (exact) mass is 468 g/mol. The maximum Gasteiger partial charge on any atom is 0.392 e. The van der Waals surface area contributed by atoms with Gasteiger partial charge in [0.25, 0.3) is 5.56 Å². The number of carbonyl (C=O) groups is 1. The van der Waals surface area contributed by atoms with E-state index in [4.69, 9.17) is 5.73 Å². The van der Waals surface area contributed by atoms with Gasteiger partial charge in [0.1, 0.15) is 0 Å². The van der Waals surface area contributed by atoms with Crippen LogP contribution in [0.5, 0.6) is 0 Å². The lowest BCUT2D eigenvalue weighted by Gasteiger charge is -2.30. The molecule has 0 spiro atoms. The van der Waals surface area contributed by atoms with Gasteiger partial charge < -0.3 is 10.6 Å². The summed E-state index contributed by atoms with van der Waals surface area (Å²) >= 11 is 0. The summed E-state index contributed by atoms with van der Waals surface area (Å²) in [5.74, 6) is -3.16. The summed E-state index contributed by atoms with van der Waals surface area (Å²) < 4.78 is 40.2. The Labute approximate surface area is 193 Å². The molecule has 1 saturated carbocycles. The molecule has 0 radical (unpaired) electrons. The third kappa shape index (κ3) is 3.95. The summed E-state index contributed by atoms with van der Waals surface area (Å²) in [6, 6.07) is 18.5. The third-order valence-corrected chi connectivity index (χ3v) is 6.62. The second-order valence-electron chi connectivity index (χ2n) is 8.79. The van der Waals surface area contributed by atoms with Crippen LogP contribution in [0.1, 0.15) is 34.8 Å². The van der Waals surface area contributed by atoms with Crippen LogP contribution in [0.25, 0.3) is 0 Å². The average molecular weight is 468 g/mol. The van der Waals surface area contributed by atoms with E-state index in [-0.39, 0.29) is 37.4 Å². The van der Waals surface area contributed by atoms with Crippen LogP contribution in [-0.4, -0.2) is 33.1 Å². The number of fused-ring (bicyclic) bond motifs is 1. The molecule has 2 aliphatic rings. The Kier molecular flexibility index (Phi) is 5.42. The van der Waals surface area contributed by atoms with E-state index in [1.54, 1.807) is 0 Å². The van der Waals surface area contributed by atoms with Crippen molar-refractivity contribution in [1.82, 2.24) is 14.5 Å². The first-order valence-electron chi connectivity index (χ1n) is 11.1. The van der Waals surface area contributed by atoms with Gasteiger partial charge in [-0.2, -0.15) is 13.2 Å². The molecule has 1 aliphatic carbocycles. The molecule has 5 rings (SSSR count). The van der Waals surface area contributed by atoms with Gasteiger partial charge in [-0.3, -0.25) is 14.2 Å². The van der Waals surface area contributed by atoms with Crippen molar-refractivity contribution in [2.24, 2.45) is 11.8 Å². The number of rotatable bonds is 4. The smallest absolute Gasteiger partial charge is 0.369 e. The lowest BCUT2D eigenvalue weighted by Crippen LogP contribution is -2.43. The van der Waals surface area contributed by atoms with Crippen LogP contribution in [0.4, 0.5) is 19.1 Å². The number of hydrogen-bond acceptors (Lipinski definition) is 4. The van der Waals surface area contributed by atoms with Gasteiger partial charge in [-0.05, 0) is 24.0 Å². The number of carbonyl (C=O) groups excluding carboxylic acids is 1. The number of amides is 1. The molecule has 1 aromatic heterocycles. The molecule has 176 valence electrons. The third-order valence-electron chi connectivity index (χ3n) is 6.62. The minimum Gasteiger partial charge on any atom is -0.369 e. The molecular formula is C25H23F3N4O2. The van der Waals surface area contributed by atoms with E-state index in [0.717, 1.165) is 11.1 Å². The first kappa shape index (κ1) is 22.2. The predicted octanol–water partition coefficient (Wildman–Crippen LogP) is 3.55. The topological polar surface area (TPSA) is 81.2 Å². The van der Waals surface area contributed by atoms with E-state index in [2.05, 4.69) is 4.98 Å². The highest BCUT2D eigenvalue weighted by Gasteiger charge is 2.59. The maximum absolute atomic E-state index is 13.6. The zero-order valence-corrected chi connectivity index (χ0v) is 18.2. The normalized spacial score (nSPS) is 19.7. The molecule has 6 nitrogen and oxygen atoms in total. The molecule has 2 atom stereocenters. The highest BCUT2D eigenvalue weighted by molar-refractivity contribution is 5.82. The quantitative estimate of drug-likeness (QED) is 0.635. The molecule has 1 fully saturated rings. The number of aromatic nitrogens is 2.